The molecule has 1 saturated heterocycles. The van der Waals surface area contributed by atoms with Crippen LogP contribution in [0, 0.1) is 5.41 Å². The van der Waals surface area contributed by atoms with Crippen LogP contribution in [0.1, 0.15) is 45.1 Å². The van der Waals surface area contributed by atoms with Gasteiger partial charge in [0.1, 0.15) is 0 Å². The molecule has 0 unspecified atom stereocenters. The van der Waals surface area contributed by atoms with Gasteiger partial charge >= 0.3 is 0 Å². The summed E-state index contributed by atoms with van der Waals surface area (Å²) in [6, 6.07) is 11.4. The van der Waals surface area contributed by atoms with Crippen LogP contribution in [-0.2, 0) is 6.42 Å². The van der Waals surface area contributed by atoms with Crippen LogP contribution in [0.3, 0.4) is 0 Å². The fraction of sp³-hybridized carbons (Fsp3) is 0.609. The first-order valence-electron chi connectivity index (χ1n) is 10.5. The highest BCUT2D eigenvalue weighted by Crippen LogP contribution is 2.48. The largest absolute Gasteiger partial charge is 0.357 e. The monoisotopic (exact) mass is 368 g/mol. The van der Waals surface area contributed by atoms with E-state index in [0.29, 0.717) is 11.5 Å². The predicted molar refractivity (Wildman–Crippen MR) is 115 cm³/mol. The number of hydrogen-bond acceptors (Lipinski definition) is 2. The van der Waals surface area contributed by atoms with Gasteiger partial charge in [-0.1, -0.05) is 42.5 Å². The number of nitrogens with one attached hydrogen (secondary N) is 2. The second-order valence-electron chi connectivity index (χ2n) is 8.51. The standard InChI is InChI=1S/C23H36N4/c1-4-24-22(26-21-10-14-27(15-11-21)17-19(2)3)25-18-23(12-13-23)16-20-8-6-5-7-9-20/h5-9,21H,2,4,10-18H2,1,3H3,(H2,24,25,26). The Balaban J connectivity index is 1.50. The number of likely N-dealkylation sites (tertiary alicyclic amines) is 1. The van der Waals surface area contributed by atoms with Crippen molar-refractivity contribution in [3.8, 4) is 0 Å². The fourth-order valence-electron chi connectivity index (χ4n) is 3.97. The summed E-state index contributed by atoms with van der Waals surface area (Å²) in [5.74, 6) is 0.996. The SMILES string of the molecule is C=C(C)CN1CCC(NC(=NCC2(Cc3ccccc3)CC2)NCC)CC1. The van der Waals surface area contributed by atoms with E-state index < -0.39 is 0 Å². The molecule has 4 nitrogen and oxygen atoms in total. The van der Waals surface area contributed by atoms with E-state index in [1.807, 2.05) is 0 Å². The van der Waals surface area contributed by atoms with Crippen molar-refractivity contribution in [2.75, 3.05) is 32.7 Å². The molecule has 4 heteroatoms. The van der Waals surface area contributed by atoms with Gasteiger partial charge in [0.05, 0.1) is 0 Å². The number of aliphatic imine (C=N–C) groups is 1. The number of piperidine rings is 1. The summed E-state index contributed by atoms with van der Waals surface area (Å²) in [4.78, 5) is 7.48. The van der Waals surface area contributed by atoms with Crippen LogP contribution in [0.5, 0.6) is 0 Å². The number of guanidine groups is 1. The van der Waals surface area contributed by atoms with E-state index in [9.17, 15) is 0 Å². The Bertz CT molecular complexity index is 625. The lowest BCUT2D eigenvalue weighted by Crippen LogP contribution is -2.49. The summed E-state index contributed by atoms with van der Waals surface area (Å²) in [6.45, 7) is 13.4. The molecule has 27 heavy (non-hydrogen) atoms. The zero-order valence-electron chi connectivity index (χ0n) is 17.1. The maximum atomic E-state index is 4.97. The molecule has 1 saturated carbocycles. The van der Waals surface area contributed by atoms with E-state index in [4.69, 9.17) is 4.99 Å². The van der Waals surface area contributed by atoms with E-state index in [2.05, 4.69) is 66.3 Å². The van der Waals surface area contributed by atoms with Gasteiger partial charge in [0.2, 0.25) is 0 Å². The van der Waals surface area contributed by atoms with E-state index in [0.717, 1.165) is 45.1 Å². The average Bonchev–Trinajstić information content (AvgIpc) is 3.42. The Morgan fingerprint density at radius 2 is 1.93 bits per heavy atom. The Labute approximate surface area is 165 Å². The molecule has 0 aromatic heterocycles. The van der Waals surface area contributed by atoms with Crippen LogP contribution < -0.4 is 10.6 Å². The zero-order chi connectivity index (χ0) is 19.1. The summed E-state index contributed by atoms with van der Waals surface area (Å²) < 4.78 is 0. The third-order valence-electron chi connectivity index (χ3n) is 5.72. The van der Waals surface area contributed by atoms with Crippen LogP contribution in [-0.4, -0.2) is 49.6 Å². The van der Waals surface area contributed by atoms with Crippen molar-refractivity contribution in [3.05, 3.63) is 48.0 Å². The minimum Gasteiger partial charge on any atom is -0.357 e. The van der Waals surface area contributed by atoms with Crippen molar-refractivity contribution in [1.29, 1.82) is 0 Å². The van der Waals surface area contributed by atoms with E-state index in [1.165, 1.54) is 36.8 Å². The normalized spacial score (nSPS) is 20.3. The molecule has 2 aliphatic rings. The van der Waals surface area contributed by atoms with Crippen LogP contribution >= 0.6 is 0 Å². The minimum atomic E-state index is 0.383. The number of rotatable bonds is 8. The van der Waals surface area contributed by atoms with Gasteiger partial charge in [0, 0.05) is 38.8 Å². The highest BCUT2D eigenvalue weighted by molar-refractivity contribution is 5.80. The van der Waals surface area contributed by atoms with E-state index in [1.54, 1.807) is 0 Å². The summed E-state index contributed by atoms with van der Waals surface area (Å²) in [5.41, 5.74) is 3.08. The van der Waals surface area contributed by atoms with Crippen molar-refractivity contribution < 1.29 is 0 Å². The lowest BCUT2D eigenvalue weighted by atomic mass is 9.97. The van der Waals surface area contributed by atoms with Crippen LogP contribution in [0.2, 0.25) is 0 Å². The van der Waals surface area contributed by atoms with Gasteiger partial charge in [-0.25, -0.2) is 0 Å². The summed E-state index contributed by atoms with van der Waals surface area (Å²) in [6.07, 6.45) is 6.09. The van der Waals surface area contributed by atoms with Crippen LogP contribution in [0.15, 0.2) is 47.5 Å². The Morgan fingerprint density at radius 1 is 1.22 bits per heavy atom. The molecular formula is C23H36N4. The first-order chi connectivity index (χ1) is 13.1. The predicted octanol–water partition coefficient (Wildman–Crippen LogP) is 3.60. The van der Waals surface area contributed by atoms with Gasteiger partial charge in [-0.3, -0.25) is 9.89 Å². The second kappa shape index (κ2) is 9.41. The van der Waals surface area contributed by atoms with Gasteiger partial charge in [-0.2, -0.15) is 0 Å². The lowest BCUT2D eigenvalue weighted by molar-refractivity contribution is 0.221. The van der Waals surface area contributed by atoms with Crippen molar-refractivity contribution in [2.24, 2.45) is 10.4 Å². The minimum absolute atomic E-state index is 0.383. The van der Waals surface area contributed by atoms with Gasteiger partial charge < -0.3 is 10.6 Å². The molecule has 148 valence electrons. The molecule has 0 bridgehead atoms. The van der Waals surface area contributed by atoms with Crippen LogP contribution in [0.25, 0.3) is 0 Å². The maximum absolute atomic E-state index is 4.97. The molecule has 0 amide bonds. The first kappa shape index (κ1) is 19.9. The highest BCUT2D eigenvalue weighted by atomic mass is 15.2. The molecule has 0 spiro atoms. The fourth-order valence-corrected chi connectivity index (χ4v) is 3.97. The molecule has 1 aliphatic heterocycles. The van der Waals surface area contributed by atoms with E-state index >= 15 is 0 Å². The smallest absolute Gasteiger partial charge is 0.191 e. The van der Waals surface area contributed by atoms with Crippen molar-refractivity contribution in [2.45, 2.75) is 52.0 Å². The summed E-state index contributed by atoms with van der Waals surface area (Å²) >= 11 is 0. The molecule has 2 fully saturated rings. The zero-order valence-corrected chi connectivity index (χ0v) is 17.1. The average molecular weight is 369 g/mol. The van der Waals surface area contributed by atoms with Gasteiger partial charge in [-0.15, -0.1) is 0 Å². The molecule has 1 aromatic carbocycles. The third-order valence-corrected chi connectivity index (χ3v) is 5.72. The number of benzene rings is 1. The van der Waals surface area contributed by atoms with Gasteiger partial charge in [-0.05, 0) is 56.9 Å². The molecule has 2 N–H and O–H groups in total. The highest BCUT2D eigenvalue weighted by Gasteiger charge is 2.42. The molecular weight excluding hydrogens is 332 g/mol. The lowest BCUT2D eigenvalue weighted by Gasteiger charge is -2.33. The summed E-state index contributed by atoms with van der Waals surface area (Å²) in [5, 5.41) is 7.13. The Morgan fingerprint density at radius 3 is 2.52 bits per heavy atom. The topological polar surface area (TPSA) is 39.7 Å². The molecule has 0 atom stereocenters. The Hall–Kier alpha value is -1.81. The first-order valence-corrected chi connectivity index (χ1v) is 10.5. The molecule has 1 aromatic rings. The van der Waals surface area contributed by atoms with Crippen LogP contribution in [0.4, 0.5) is 0 Å². The van der Waals surface area contributed by atoms with E-state index in [-0.39, 0.29) is 0 Å². The van der Waals surface area contributed by atoms with Gasteiger partial charge in [0.15, 0.2) is 5.96 Å². The van der Waals surface area contributed by atoms with Gasteiger partial charge in [0.25, 0.3) is 0 Å². The van der Waals surface area contributed by atoms with Crippen molar-refractivity contribution in [3.63, 3.8) is 0 Å². The molecule has 1 aliphatic carbocycles. The quantitative estimate of drug-likeness (QED) is 0.418. The molecule has 3 rings (SSSR count). The van der Waals surface area contributed by atoms with Crippen molar-refractivity contribution in [1.82, 2.24) is 15.5 Å². The Kier molecular flexibility index (Phi) is 6.95. The maximum Gasteiger partial charge on any atom is 0.191 e. The molecule has 0 radical (unpaired) electrons. The molecule has 1 heterocycles. The summed E-state index contributed by atoms with van der Waals surface area (Å²) in [7, 11) is 0. The van der Waals surface area contributed by atoms with Crippen molar-refractivity contribution >= 4 is 5.96 Å². The third kappa shape index (κ3) is 6.39. The second-order valence-corrected chi connectivity index (χ2v) is 8.51. The number of hydrogen-bond donors (Lipinski definition) is 2. The number of nitrogens with zero attached hydrogens (tertiary/aromatic N) is 2.